The highest BCUT2D eigenvalue weighted by molar-refractivity contribution is 7.15. The molecule has 24 heavy (non-hydrogen) atoms. The van der Waals surface area contributed by atoms with Crippen LogP contribution in [0, 0.1) is 0 Å². The van der Waals surface area contributed by atoms with Crippen LogP contribution in [0.2, 0.25) is 0 Å². The lowest BCUT2D eigenvalue weighted by Gasteiger charge is -2.37. The Morgan fingerprint density at radius 3 is 2.83 bits per heavy atom. The monoisotopic (exact) mass is 374 g/mol. The summed E-state index contributed by atoms with van der Waals surface area (Å²) in [5.74, 6) is 0.603. The first-order chi connectivity index (χ1) is 11.7. The molecule has 1 N–H and O–H groups in total. The average Bonchev–Trinajstić information content (AvgIpc) is 3.02. The van der Waals surface area contributed by atoms with Gasteiger partial charge in [0.25, 0.3) is 0 Å². The fourth-order valence-electron chi connectivity index (χ4n) is 2.74. The smallest absolute Gasteiger partial charge is 0.328 e. The first-order valence-corrected chi connectivity index (χ1v) is 10.2. The molecule has 0 radical (unpaired) electrons. The zero-order valence-electron chi connectivity index (χ0n) is 14.3. The van der Waals surface area contributed by atoms with E-state index in [4.69, 9.17) is 11.6 Å². The van der Waals surface area contributed by atoms with Gasteiger partial charge in [0.05, 0.1) is 0 Å². The molecule has 136 valence electrons. The normalized spacial score (nSPS) is 18.5. The second kappa shape index (κ2) is 10.2. The van der Waals surface area contributed by atoms with Gasteiger partial charge in [-0.1, -0.05) is 37.5 Å². The van der Waals surface area contributed by atoms with Crippen LogP contribution < -0.4 is 4.90 Å². The number of aliphatic hydroxyl groups is 1. The number of urea groups is 1. The van der Waals surface area contributed by atoms with E-state index in [1.54, 1.807) is 4.90 Å². The number of aryl methyl sites for hydroxylation is 1. The summed E-state index contributed by atoms with van der Waals surface area (Å²) in [4.78, 5) is 15.8. The molecule has 1 saturated heterocycles. The first-order valence-electron chi connectivity index (χ1n) is 8.82. The van der Waals surface area contributed by atoms with E-state index < -0.39 is 6.23 Å². The van der Waals surface area contributed by atoms with Gasteiger partial charge in [0.2, 0.25) is 5.13 Å². The fraction of sp³-hybridized carbons (Fsp3) is 0.812. The number of hydrogen-bond donors (Lipinski definition) is 1. The van der Waals surface area contributed by atoms with Crippen molar-refractivity contribution in [3.05, 3.63) is 5.01 Å². The lowest BCUT2D eigenvalue weighted by atomic mass is 10.2. The Labute approximate surface area is 152 Å². The van der Waals surface area contributed by atoms with Crippen molar-refractivity contribution in [3.63, 3.8) is 0 Å². The molecule has 8 heteroatoms. The van der Waals surface area contributed by atoms with Crippen molar-refractivity contribution in [2.75, 3.05) is 23.9 Å². The Morgan fingerprint density at radius 2 is 2.08 bits per heavy atom. The van der Waals surface area contributed by atoms with Gasteiger partial charge in [-0.25, -0.2) is 9.69 Å². The summed E-state index contributed by atoms with van der Waals surface area (Å²) in [5, 5.41) is 20.0. The molecule has 1 unspecified atom stereocenters. The van der Waals surface area contributed by atoms with Crippen LogP contribution >= 0.6 is 22.9 Å². The Kier molecular flexibility index (Phi) is 8.21. The molecule has 1 aromatic heterocycles. The molecular formula is C16H27ClN4O2S. The van der Waals surface area contributed by atoms with Crippen LogP contribution in [0.15, 0.2) is 0 Å². The minimum Gasteiger partial charge on any atom is -0.373 e. The third-order valence-electron chi connectivity index (χ3n) is 4.15. The number of aromatic nitrogens is 2. The maximum Gasteiger partial charge on any atom is 0.328 e. The molecular weight excluding hydrogens is 348 g/mol. The average molecular weight is 375 g/mol. The molecule has 1 fully saturated rings. The lowest BCUT2D eigenvalue weighted by molar-refractivity contribution is 0.108. The van der Waals surface area contributed by atoms with Crippen molar-refractivity contribution in [2.24, 2.45) is 0 Å². The van der Waals surface area contributed by atoms with Crippen LogP contribution in [-0.2, 0) is 6.42 Å². The molecule has 0 aromatic carbocycles. The summed E-state index contributed by atoms with van der Waals surface area (Å²) < 4.78 is 0. The Morgan fingerprint density at radius 1 is 1.25 bits per heavy atom. The molecule has 0 saturated carbocycles. The number of rotatable bonds is 10. The SMILES string of the molecule is CCCCCCc1nnc(N2C(=O)N(CCCCCl)CCC2O)s1. The van der Waals surface area contributed by atoms with Crippen LogP contribution in [0.3, 0.4) is 0 Å². The molecule has 0 bridgehead atoms. The van der Waals surface area contributed by atoms with Crippen molar-refractivity contribution in [3.8, 4) is 0 Å². The summed E-state index contributed by atoms with van der Waals surface area (Å²) in [5.41, 5.74) is 0. The summed E-state index contributed by atoms with van der Waals surface area (Å²) in [6, 6.07) is -0.183. The van der Waals surface area contributed by atoms with Gasteiger partial charge in [-0.05, 0) is 19.3 Å². The Bertz CT molecular complexity index is 514. The minimum atomic E-state index is -0.817. The van der Waals surface area contributed by atoms with E-state index in [9.17, 15) is 9.90 Å². The summed E-state index contributed by atoms with van der Waals surface area (Å²) in [6.45, 7) is 3.42. The highest BCUT2D eigenvalue weighted by Crippen LogP contribution is 2.27. The molecule has 1 aliphatic rings. The number of nitrogens with zero attached hydrogens (tertiary/aromatic N) is 4. The number of amides is 2. The highest BCUT2D eigenvalue weighted by Gasteiger charge is 2.35. The number of halogens is 1. The van der Waals surface area contributed by atoms with Gasteiger partial charge in [0.1, 0.15) is 11.2 Å². The maximum absolute atomic E-state index is 12.6. The van der Waals surface area contributed by atoms with Crippen LogP contribution in [0.1, 0.15) is 56.9 Å². The van der Waals surface area contributed by atoms with Crippen molar-refractivity contribution in [1.29, 1.82) is 0 Å². The number of anilines is 1. The second-order valence-electron chi connectivity index (χ2n) is 6.09. The van der Waals surface area contributed by atoms with E-state index in [1.165, 1.54) is 35.5 Å². The van der Waals surface area contributed by atoms with Gasteiger partial charge in [0.15, 0.2) is 0 Å². The van der Waals surface area contributed by atoms with Crippen LogP contribution in [0.4, 0.5) is 9.93 Å². The molecule has 0 aliphatic carbocycles. The Hall–Kier alpha value is -0.920. The van der Waals surface area contributed by atoms with E-state index in [1.807, 2.05) is 0 Å². The predicted molar refractivity (Wildman–Crippen MR) is 97.8 cm³/mol. The molecule has 1 aliphatic heterocycles. The molecule has 6 nitrogen and oxygen atoms in total. The zero-order chi connectivity index (χ0) is 17.4. The van der Waals surface area contributed by atoms with E-state index in [2.05, 4.69) is 17.1 Å². The Balaban J connectivity index is 1.95. The van der Waals surface area contributed by atoms with Crippen molar-refractivity contribution < 1.29 is 9.90 Å². The van der Waals surface area contributed by atoms with E-state index >= 15 is 0 Å². The van der Waals surface area contributed by atoms with Gasteiger partial charge < -0.3 is 10.0 Å². The van der Waals surface area contributed by atoms with Crippen molar-refractivity contribution in [1.82, 2.24) is 15.1 Å². The zero-order valence-corrected chi connectivity index (χ0v) is 15.9. The van der Waals surface area contributed by atoms with Gasteiger partial charge in [0, 0.05) is 31.8 Å². The van der Waals surface area contributed by atoms with Crippen LogP contribution in [0.25, 0.3) is 0 Å². The van der Waals surface area contributed by atoms with Crippen LogP contribution in [-0.4, -0.2) is 51.4 Å². The van der Waals surface area contributed by atoms with Gasteiger partial charge in [-0.15, -0.1) is 21.8 Å². The lowest BCUT2D eigenvalue weighted by Crippen LogP contribution is -2.54. The summed E-state index contributed by atoms with van der Waals surface area (Å²) in [7, 11) is 0. The molecule has 0 spiro atoms. The minimum absolute atomic E-state index is 0.183. The van der Waals surface area contributed by atoms with E-state index in [-0.39, 0.29) is 6.03 Å². The maximum atomic E-state index is 12.6. The van der Waals surface area contributed by atoms with Crippen molar-refractivity contribution in [2.45, 2.75) is 64.5 Å². The van der Waals surface area contributed by atoms with Crippen LogP contribution in [0.5, 0.6) is 0 Å². The topological polar surface area (TPSA) is 69.6 Å². The van der Waals surface area contributed by atoms with E-state index in [0.29, 0.717) is 30.5 Å². The van der Waals surface area contributed by atoms with Gasteiger partial charge >= 0.3 is 6.03 Å². The fourth-order valence-corrected chi connectivity index (χ4v) is 3.84. The number of alkyl halides is 1. The quantitative estimate of drug-likeness (QED) is 0.501. The molecule has 1 atom stereocenters. The first kappa shape index (κ1) is 19.4. The van der Waals surface area contributed by atoms with Gasteiger partial charge in [-0.2, -0.15) is 0 Å². The standard InChI is InChI=1S/C16H27ClN4O2S/c1-2-3-4-5-8-13-18-19-15(24-13)21-14(22)9-12-20(16(21)23)11-7-6-10-17/h14,22H,2-12H2,1H3. The number of carbonyl (C=O) groups excluding carboxylic acids is 1. The summed E-state index contributed by atoms with van der Waals surface area (Å²) in [6.07, 6.45) is 7.05. The molecule has 2 amide bonds. The molecule has 2 heterocycles. The second-order valence-corrected chi connectivity index (χ2v) is 7.51. The number of carbonyl (C=O) groups is 1. The largest absolute Gasteiger partial charge is 0.373 e. The summed E-state index contributed by atoms with van der Waals surface area (Å²) >= 11 is 7.11. The third-order valence-corrected chi connectivity index (χ3v) is 5.40. The third kappa shape index (κ3) is 5.29. The van der Waals surface area contributed by atoms with Gasteiger partial charge in [-0.3, -0.25) is 0 Å². The predicted octanol–water partition coefficient (Wildman–Crippen LogP) is 3.63. The molecule has 2 rings (SSSR count). The van der Waals surface area contributed by atoms with E-state index in [0.717, 1.165) is 30.7 Å². The number of unbranched alkanes of at least 4 members (excludes halogenated alkanes) is 4. The molecule has 1 aromatic rings. The van der Waals surface area contributed by atoms with Crippen molar-refractivity contribution >= 4 is 34.1 Å². The highest BCUT2D eigenvalue weighted by atomic mass is 35.5. The number of aliphatic hydroxyl groups excluding tert-OH is 1. The number of hydrogen-bond acceptors (Lipinski definition) is 5.